The predicted molar refractivity (Wildman–Crippen MR) is 69.5 cm³/mol. The average molecular weight is 289 g/mol. The molecule has 3 nitrogen and oxygen atoms in total. The van der Waals surface area contributed by atoms with Crippen LogP contribution in [0.2, 0.25) is 0 Å². The molecule has 2 N–H and O–H groups in total. The average Bonchev–Trinajstić information content (AvgIpc) is 2.34. The van der Waals surface area contributed by atoms with E-state index in [4.69, 9.17) is 5.11 Å². The second-order valence-corrected chi connectivity index (χ2v) is 4.90. The van der Waals surface area contributed by atoms with Crippen LogP contribution in [0.5, 0.6) is 0 Å². The van der Waals surface area contributed by atoms with E-state index in [1.807, 2.05) is 0 Å². The first-order chi connectivity index (χ1) is 9.19. The molecule has 0 heterocycles. The minimum absolute atomic E-state index is 0.318. The summed E-state index contributed by atoms with van der Waals surface area (Å²) in [5, 5.41) is 11.7. The van der Waals surface area contributed by atoms with Gasteiger partial charge in [0.1, 0.15) is 0 Å². The van der Waals surface area contributed by atoms with Crippen molar-refractivity contribution in [1.29, 1.82) is 0 Å². The van der Waals surface area contributed by atoms with Gasteiger partial charge in [-0.1, -0.05) is 24.3 Å². The fraction of sp³-hybridized carbons (Fsp3) is 0.500. The van der Waals surface area contributed by atoms with Crippen molar-refractivity contribution in [1.82, 2.24) is 5.32 Å². The maximum atomic E-state index is 12.2. The van der Waals surface area contributed by atoms with Crippen LogP contribution in [-0.4, -0.2) is 23.3 Å². The van der Waals surface area contributed by atoms with Crippen LogP contribution in [0.3, 0.4) is 0 Å². The Bertz CT molecular complexity index is 443. The standard InChI is InChI=1S/C14H18F3NO2/c1-9(7-14(15,16)17)18-8-11-3-5-12(6-4-11)10(2)13(19)20/h3-6,9-10,18H,7-8H2,1-2H3,(H,19,20). The van der Waals surface area contributed by atoms with E-state index in [0.29, 0.717) is 12.1 Å². The zero-order valence-corrected chi connectivity index (χ0v) is 11.4. The van der Waals surface area contributed by atoms with Crippen molar-refractivity contribution in [3.63, 3.8) is 0 Å². The largest absolute Gasteiger partial charge is 0.481 e. The highest BCUT2D eigenvalue weighted by atomic mass is 19.4. The molecule has 0 aromatic heterocycles. The van der Waals surface area contributed by atoms with E-state index in [0.717, 1.165) is 5.56 Å². The fourth-order valence-corrected chi connectivity index (χ4v) is 1.78. The first-order valence-corrected chi connectivity index (χ1v) is 6.31. The first kappa shape index (κ1) is 16.5. The van der Waals surface area contributed by atoms with Gasteiger partial charge in [-0.3, -0.25) is 4.79 Å². The molecule has 2 atom stereocenters. The Kier molecular flexibility index (Phi) is 5.56. The van der Waals surface area contributed by atoms with Crippen molar-refractivity contribution in [3.05, 3.63) is 35.4 Å². The monoisotopic (exact) mass is 289 g/mol. The van der Waals surface area contributed by atoms with Gasteiger partial charge in [0, 0.05) is 12.6 Å². The van der Waals surface area contributed by atoms with E-state index in [-0.39, 0.29) is 0 Å². The Hall–Kier alpha value is -1.56. The molecule has 1 aromatic rings. The molecule has 112 valence electrons. The van der Waals surface area contributed by atoms with E-state index in [2.05, 4.69) is 5.32 Å². The molecule has 1 rings (SSSR count). The second-order valence-electron chi connectivity index (χ2n) is 4.90. The number of alkyl halides is 3. The molecule has 0 bridgehead atoms. The number of nitrogens with one attached hydrogen (secondary N) is 1. The molecule has 0 saturated heterocycles. The number of aliphatic carboxylic acids is 1. The Balaban J connectivity index is 2.52. The van der Waals surface area contributed by atoms with Crippen LogP contribution in [0.25, 0.3) is 0 Å². The number of hydrogen-bond donors (Lipinski definition) is 2. The van der Waals surface area contributed by atoms with Gasteiger partial charge in [-0.05, 0) is 25.0 Å². The molecule has 0 aliphatic heterocycles. The molecule has 6 heteroatoms. The van der Waals surface area contributed by atoms with E-state index >= 15 is 0 Å². The van der Waals surface area contributed by atoms with Gasteiger partial charge in [-0.2, -0.15) is 13.2 Å². The van der Waals surface area contributed by atoms with Crippen molar-refractivity contribution < 1.29 is 23.1 Å². The van der Waals surface area contributed by atoms with E-state index in [1.54, 1.807) is 31.2 Å². The Morgan fingerprint density at radius 2 is 1.80 bits per heavy atom. The van der Waals surface area contributed by atoms with Crippen molar-refractivity contribution in [3.8, 4) is 0 Å². The molecule has 20 heavy (non-hydrogen) atoms. The van der Waals surface area contributed by atoms with E-state index in [9.17, 15) is 18.0 Å². The highest BCUT2D eigenvalue weighted by molar-refractivity contribution is 5.75. The van der Waals surface area contributed by atoms with Crippen molar-refractivity contribution in [2.75, 3.05) is 0 Å². The third-order valence-corrected chi connectivity index (χ3v) is 3.04. The quantitative estimate of drug-likeness (QED) is 0.844. The summed E-state index contributed by atoms with van der Waals surface area (Å²) in [6.45, 7) is 3.38. The second kappa shape index (κ2) is 6.74. The SMILES string of the molecule is CC(CC(F)(F)F)NCc1ccc(C(C)C(=O)O)cc1. The summed E-state index contributed by atoms with van der Waals surface area (Å²) >= 11 is 0. The summed E-state index contributed by atoms with van der Waals surface area (Å²) in [6, 6.07) is 6.16. The molecule has 0 spiro atoms. The lowest BCUT2D eigenvalue weighted by molar-refractivity contribution is -0.139. The zero-order chi connectivity index (χ0) is 15.3. The Morgan fingerprint density at radius 3 is 2.25 bits per heavy atom. The Labute approximate surface area is 115 Å². The lowest BCUT2D eigenvalue weighted by Crippen LogP contribution is -2.30. The van der Waals surface area contributed by atoms with Crippen molar-refractivity contribution in [2.45, 2.75) is 44.9 Å². The maximum Gasteiger partial charge on any atom is 0.390 e. The number of hydrogen-bond acceptors (Lipinski definition) is 2. The Morgan fingerprint density at radius 1 is 1.25 bits per heavy atom. The molecule has 0 saturated carbocycles. The van der Waals surface area contributed by atoms with Gasteiger partial charge in [0.05, 0.1) is 12.3 Å². The minimum atomic E-state index is -4.17. The topological polar surface area (TPSA) is 49.3 Å². The number of carbonyl (C=O) groups is 1. The normalized spacial score (nSPS) is 14.8. The van der Waals surface area contributed by atoms with Gasteiger partial charge in [-0.25, -0.2) is 0 Å². The summed E-state index contributed by atoms with van der Waals surface area (Å²) in [5.74, 6) is -1.50. The lowest BCUT2D eigenvalue weighted by atomic mass is 10.00. The number of carboxylic acid groups (broad SMARTS) is 1. The van der Waals surface area contributed by atoms with Gasteiger partial charge in [0.15, 0.2) is 0 Å². The van der Waals surface area contributed by atoms with Crippen molar-refractivity contribution in [2.24, 2.45) is 0 Å². The molecule has 0 radical (unpaired) electrons. The van der Waals surface area contributed by atoms with Gasteiger partial charge in [0.25, 0.3) is 0 Å². The molecule has 1 aromatic carbocycles. The predicted octanol–water partition coefficient (Wildman–Crippen LogP) is 3.31. The molecule has 2 unspecified atom stereocenters. The highest BCUT2D eigenvalue weighted by Gasteiger charge is 2.29. The maximum absolute atomic E-state index is 12.2. The van der Waals surface area contributed by atoms with Crippen LogP contribution in [0, 0.1) is 0 Å². The van der Waals surface area contributed by atoms with Crippen LogP contribution in [0.4, 0.5) is 13.2 Å². The summed E-state index contributed by atoms with van der Waals surface area (Å²) in [6.07, 6.45) is -5.05. The summed E-state index contributed by atoms with van der Waals surface area (Å²) in [5.41, 5.74) is 1.49. The summed E-state index contributed by atoms with van der Waals surface area (Å²) in [4.78, 5) is 10.8. The minimum Gasteiger partial charge on any atom is -0.481 e. The molecular formula is C14H18F3NO2. The first-order valence-electron chi connectivity index (χ1n) is 6.31. The summed E-state index contributed by atoms with van der Waals surface area (Å²) < 4.78 is 36.5. The lowest BCUT2D eigenvalue weighted by Gasteiger charge is -2.16. The van der Waals surface area contributed by atoms with Crippen LogP contribution in [0.15, 0.2) is 24.3 Å². The van der Waals surface area contributed by atoms with Crippen molar-refractivity contribution >= 4 is 5.97 Å². The van der Waals surface area contributed by atoms with Gasteiger partial charge in [-0.15, -0.1) is 0 Å². The van der Waals surface area contributed by atoms with Crippen LogP contribution in [0.1, 0.15) is 37.3 Å². The number of halogens is 3. The van der Waals surface area contributed by atoms with Crippen LogP contribution in [-0.2, 0) is 11.3 Å². The summed E-state index contributed by atoms with van der Waals surface area (Å²) in [7, 11) is 0. The smallest absolute Gasteiger partial charge is 0.390 e. The molecular weight excluding hydrogens is 271 g/mol. The van der Waals surface area contributed by atoms with E-state index in [1.165, 1.54) is 6.92 Å². The zero-order valence-electron chi connectivity index (χ0n) is 11.4. The van der Waals surface area contributed by atoms with E-state index < -0.39 is 30.5 Å². The fourth-order valence-electron chi connectivity index (χ4n) is 1.78. The molecule has 0 aliphatic rings. The van der Waals surface area contributed by atoms with Crippen LogP contribution < -0.4 is 5.32 Å². The highest BCUT2D eigenvalue weighted by Crippen LogP contribution is 2.21. The number of benzene rings is 1. The van der Waals surface area contributed by atoms with Gasteiger partial charge < -0.3 is 10.4 Å². The number of carboxylic acids is 1. The van der Waals surface area contributed by atoms with Crippen LogP contribution >= 0.6 is 0 Å². The molecule has 0 amide bonds. The van der Waals surface area contributed by atoms with Gasteiger partial charge in [0.2, 0.25) is 0 Å². The molecule has 0 fully saturated rings. The third-order valence-electron chi connectivity index (χ3n) is 3.04. The number of rotatable bonds is 6. The third kappa shape index (κ3) is 5.61. The van der Waals surface area contributed by atoms with Gasteiger partial charge >= 0.3 is 12.1 Å². The molecule has 0 aliphatic carbocycles.